The van der Waals surface area contributed by atoms with Crippen LogP contribution in [0.4, 0.5) is 0 Å². The normalized spacial score (nSPS) is 27.7. The van der Waals surface area contributed by atoms with Crippen LogP contribution in [0, 0.1) is 17.8 Å². The Morgan fingerprint density at radius 2 is 1.81 bits per heavy atom. The lowest BCUT2D eigenvalue weighted by Crippen LogP contribution is -2.31. The third-order valence-electron chi connectivity index (χ3n) is 5.01. The predicted octanol–water partition coefficient (Wildman–Crippen LogP) is 4.57. The second-order valence-corrected chi connectivity index (χ2v) is 6.86. The van der Waals surface area contributed by atoms with Gasteiger partial charge in [-0.05, 0) is 61.8 Å². The number of fused-ring (bicyclic) bond motifs is 1. The fourth-order valence-corrected chi connectivity index (χ4v) is 4.32. The van der Waals surface area contributed by atoms with Gasteiger partial charge in [0.05, 0.1) is 5.52 Å². The summed E-state index contributed by atoms with van der Waals surface area (Å²) in [6, 6.07) is 11.2. The predicted molar refractivity (Wildman–Crippen MR) is 89.2 cm³/mol. The zero-order chi connectivity index (χ0) is 14.8. The summed E-state index contributed by atoms with van der Waals surface area (Å²) in [5.41, 5.74) is 2.52. The van der Waals surface area contributed by atoms with Crippen LogP contribution in [-0.2, 0) is 0 Å². The molecular formula is C19H26N2. The summed E-state index contributed by atoms with van der Waals surface area (Å²) in [4.78, 5) is 4.51. The first-order valence-electron chi connectivity index (χ1n) is 8.20. The van der Waals surface area contributed by atoms with Gasteiger partial charge in [-0.3, -0.25) is 4.98 Å². The maximum absolute atomic E-state index is 4.51. The van der Waals surface area contributed by atoms with E-state index in [1.54, 1.807) is 0 Å². The molecule has 1 N–H and O–H groups in total. The quantitative estimate of drug-likeness (QED) is 0.892. The first kappa shape index (κ1) is 14.5. The zero-order valence-corrected chi connectivity index (χ0v) is 13.3. The maximum atomic E-state index is 4.51. The minimum atomic E-state index is 0.433. The van der Waals surface area contributed by atoms with Gasteiger partial charge in [-0.25, -0.2) is 0 Å². The molecule has 3 rings (SSSR count). The van der Waals surface area contributed by atoms with Gasteiger partial charge in [0, 0.05) is 17.6 Å². The molecule has 1 heterocycles. The molecular weight excluding hydrogens is 256 g/mol. The maximum Gasteiger partial charge on any atom is 0.0705 e. The molecule has 2 nitrogen and oxygen atoms in total. The molecule has 112 valence electrons. The van der Waals surface area contributed by atoms with Crippen LogP contribution in [0.15, 0.2) is 36.5 Å². The highest BCUT2D eigenvalue weighted by Gasteiger charge is 2.30. The summed E-state index contributed by atoms with van der Waals surface area (Å²) < 4.78 is 0. The van der Waals surface area contributed by atoms with E-state index in [0.29, 0.717) is 6.04 Å². The molecule has 1 fully saturated rings. The van der Waals surface area contributed by atoms with Gasteiger partial charge in [0.15, 0.2) is 0 Å². The van der Waals surface area contributed by atoms with Crippen molar-refractivity contribution < 1.29 is 0 Å². The number of benzene rings is 1. The second-order valence-electron chi connectivity index (χ2n) is 6.86. The van der Waals surface area contributed by atoms with Crippen LogP contribution in [0.5, 0.6) is 0 Å². The SMILES string of the molecule is CNC(c1cccc2ncccc12)C1CC(C)CC(C)C1. The highest BCUT2D eigenvalue weighted by molar-refractivity contribution is 5.82. The molecule has 21 heavy (non-hydrogen) atoms. The van der Waals surface area contributed by atoms with Gasteiger partial charge in [0.1, 0.15) is 0 Å². The number of pyridine rings is 1. The van der Waals surface area contributed by atoms with Crippen molar-refractivity contribution in [1.82, 2.24) is 10.3 Å². The van der Waals surface area contributed by atoms with Crippen molar-refractivity contribution in [2.45, 2.75) is 39.2 Å². The van der Waals surface area contributed by atoms with Gasteiger partial charge < -0.3 is 5.32 Å². The van der Waals surface area contributed by atoms with E-state index in [-0.39, 0.29) is 0 Å². The number of hydrogen-bond acceptors (Lipinski definition) is 2. The molecule has 3 unspecified atom stereocenters. The average Bonchev–Trinajstić information content (AvgIpc) is 2.47. The number of nitrogens with zero attached hydrogens (tertiary/aromatic N) is 1. The Bertz CT molecular complexity index is 592. The molecule has 0 amide bonds. The van der Waals surface area contributed by atoms with E-state index in [9.17, 15) is 0 Å². The summed E-state index contributed by atoms with van der Waals surface area (Å²) >= 11 is 0. The van der Waals surface area contributed by atoms with Crippen LogP contribution in [0.25, 0.3) is 10.9 Å². The number of rotatable bonds is 3. The Kier molecular flexibility index (Phi) is 4.25. The number of hydrogen-bond donors (Lipinski definition) is 1. The molecule has 1 aromatic carbocycles. The van der Waals surface area contributed by atoms with E-state index < -0.39 is 0 Å². The number of aromatic nitrogens is 1. The summed E-state index contributed by atoms with van der Waals surface area (Å²) in [7, 11) is 2.10. The van der Waals surface area contributed by atoms with E-state index >= 15 is 0 Å². The van der Waals surface area contributed by atoms with Crippen molar-refractivity contribution in [3.05, 3.63) is 42.1 Å². The molecule has 0 spiro atoms. The standard InChI is InChI=1S/C19H26N2/c1-13-10-14(2)12-15(11-13)19(20-3)17-6-4-8-18-16(17)7-5-9-21-18/h4-9,13-15,19-20H,10-12H2,1-3H3. The van der Waals surface area contributed by atoms with Crippen LogP contribution in [0.1, 0.15) is 44.7 Å². The van der Waals surface area contributed by atoms with Gasteiger partial charge in [-0.1, -0.05) is 32.0 Å². The average molecular weight is 282 g/mol. The third kappa shape index (κ3) is 2.96. The monoisotopic (exact) mass is 282 g/mol. The highest BCUT2D eigenvalue weighted by Crippen LogP contribution is 2.41. The van der Waals surface area contributed by atoms with Crippen molar-refractivity contribution in [3.8, 4) is 0 Å². The van der Waals surface area contributed by atoms with Crippen LogP contribution in [0.2, 0.25) is 0 Å². The van der Waals surface area contributed by atoms with E-state index in [1.165, 1.54) is 30.2 Å². The van der Waals surface area contributed by atoms with E-state index in [0.717, 1.165) is 23.3 Å². The van der Waals surface area contributed by atoms with Crippen molar-refractivity contribution >= 4 is 10.9 Å². The van der Waals surface area contributed by atoms with Crippen molar-refractivity contribution in [1.29, 1.82) is 0 Å². The largest absolute Gasteiger partial charge is 0.313 e. The Hall–Kier alpha value is -1.41. The molecule has 2 heteroatoms. The Morgan fingerprint density at radius 3 is 2.52 bits per heavy atom. The lowest BCUT2D eigenvalue weighted by molar-refractivity contribution is 0.181. The Balaban J connectivity index is 1.98. The van der Waals surface area contributed by atoms with Crippen LogP contribution in [0.3, 0.4) is 0 Å². The summed E-state index contributed by atoms with van der Waals surface area (Å²) in [6.45, 7) is 4.81. The molecule has 1 saturated carbocycles. The molecule has 2 aromatic rings. The molecule has 1 aliphatic rings. The topological polar surface area (TPSA) is 24.9 Å². The van der Waals surface area contributed by atoms with E-state index in [4.69, 9.17) is 0 Å². The van der Waals surface area contributed by atoms with Gasteiger partial charge >= 0.3 is 0 Å². The summed E-state index contributed by atoms with van der Waals surface area (Å²) in [5, 5.41) is 4.89. The first-order chi connectivity index (χ1) is 10.2. The fourth-order valence-electron chi connectivity index (χ4n) is 4.32. The van der Waals surface area contributed by atoms with Crippen LogP contribution in [-0.4, -0.2) is 12.0 Å². The highest BCUT2D eigenvalue weighted by atomic mass is 14.9. The minimum Gasteiger partial charge on any atom is -0.313 e. The van der Waals surface area contributed by atoms with Gasteiger partial charge in [0.2, 0.25) is 0 Å². The molecule has 0 bridgehead atoms. The second kappa shape index (κ2) is 6.15. The van der Waals surface area contributed by atoms with Gasteiger partial charge in [-0.2, -0.15) is 0 Å². The summed E-state index contributed by atoms with van der Waals surface area (Å²) in [6.07, 6.45) is 5.91. The van der Waals surface area contributed by atoms with Gasteiger partial charge in [-0.15, -0.1) is 0 Å². The van der Waals surface area contributed by atoms with Crippen LogP contribution < -0.4 is 5.32 Å². The van der Waals surface area contributed by atoms with Crippen LogP contribution >= 0.6 is 0 Å². The van der Waals surface area contributed by atoms with Gasteiger partial charge in [0.25, 0.3) is 0 Å². The van der Waals surface area contributed by atoms with Crippen molar-refractivity contribution in [2.24, 2.45) is 17.8 Å². The molecule has 1 aromatic heterocycles. The molecule has 3 atom stereocenters. The first-order valence-corrected chi connectivity index (χ1v) is 8.20. The fraction of sp³-hybridized carbons (Fsp3) is 0.526. The molecule has 1 aliphatic carbocycles. The van der Waals surface area contributed by atoms with Crippen molar-refractivity contribution in [2.75, 3.05) is 7.05 Å². The van der Waals surface area contributed by atoms with Crippen molar-refractivity contribution in [3.63, 3.8) is 0 Å². The van der Waals surface area contributed by atoms with E-state index in [2.05, 4.69) is 55.5 Å². The number of nitrogens with one attached hydrogen (secondary N) is 1. The third-order valence-corrected chi connectivity index (χ3v) is 5.01. The molecule has 0 radical (unpaired) electrons. The Labute approximate surface area is 128 Å². The smallest absolute Gasteiger partial charge is 0.0705 e. The lowest BCUT2D eigenvalue weighted by atomic mass is 9.72. The minimum absolute atomic E-state index is 0.433. The Morgan fingerprint density at radius 1 is 1.05 bits per heavy atom. The molecule has 0 aliphatic heterocycles. The molecule has 0 saturated heterocycles. The summed E-state index contributed by atoms with van der Waals surface area (Å²) in [5.74, 6) is 2.39. The lowest BCUT2D eigenvalue weighted by Gasteiger charge is -2.37. The zero-order valence-electron chi connectivity index (χ0n) is 13.3. The van der Waals surface area contributed by atoms with E-state index in [1.807, 2.05) is 12.3 Å².